The summed E-state index contributed by atoms with van der Waals surface area (Å²) in [5.74, 6) is 0. The van der Waals surface area contributed by atoms with E-state index >= 15 is 0 Å². The van der Waals surface area contributed by atoms with Crippen LogP contribution in [0.5, 0.6) is 0 Å². The predicted octanol–water partition coefficient (Wildman–Crippen LogP) is 1.05. The molecule has 0 radical (unpaired) electrons. The van der Waals surface area contributed by atoms with Gasteiger partial charge in [0.15, 0.2) is 0 Å². The third-order valence-electron chi connectivity index (χ3n) is 1.00. The number of nitrogens with zero attached hydrogens (tertiary/aromatic N) is 1. The van der Waals surface area contributed by atoms with E-state index in [1.165, 1.54) is 0 Å². The van der Waals surface area contributed by atoms with Gasteiger partial charge in [-0.1, -0.05) is 0 Å². The zero-order valence-corrected chi connectivity index (χ0v) is 6.72. The summed E-state index contributed by atoms with van der Waals surface area (Å²) in [6, 6.07) is 0. The molecule has 0 saturated carbocycles. The molecule has 0 heterocycles. The Morgan fingerprint density at radius 3 is 2.50 bits per heavy atom. The van der Waals surface area contributed by atoms with Crippen molar-refractivity contribution in [3.63, 3.8) is 0 Å². The molecule has 0 bridgehead atoms. The van der Waals surface area contributed by atoms with Gasteiger partial charge in [-0.25, -0.2) is 4.39 Å². The lowest BCUT2D eigenvalue weighted by Gasteiger charge is -2.10. The fourth-order valence-electron chi connectivity index (χ4n) is 0.703. The van der Waals surface area contributed by atoms with Crippen molar-refractivity contribution in [3.05, 3.63) is 11.9 Å². The van der Waals surface area contributed by atoms with Gasteiger partial charge in [-0.15, -0.1) is 0 Å². The average Bonchev–Trinajstić information content (AvgIpc) is 1.86. The molecule has 0 aliphatic carbocycles. The summed E-state index contributed by atoms with van der Waals surface area (Å²) in [5.41, 5.74) is 0.660. The molecule has 0 aromatic heterocycles. The Morgan fingerprint density at radius 1 is 1.60 bits per heavy atom. The number of likely N-dealkylation sites (N-methyl/N-ethyl adjacent to an activating group) is 1. The van der Waals surface area contributed by atoms with Crippen LogP contribution in [0.25, 0.3) is 0 Å². The SMILES string of the molecule is COC/C(=C\F)CN(C)C. The van der Waals surface area contributed by atoms with Crippen molar-refractivity contribution in [1.29, 1.82) is 0 Å². The molecule has 60 valence electrons. The minimum absolute atomic E-state index is 0.370. The molecule has 0 amide bonds. The second-order valence-corrected chi connectivity index (χ2v) is 2.44. The maximum Gasteiger partial charge on any atom is 0.0894 e. The van der Waals surface area contributed by atoms with Crippen LogP contribution in [0, 0.1) is 0 Å². The van der Waals surface area contributed by atoms with Crippen molar-refractivity contribution < 1.29 is 9.13 Å². The highest BCUT2D eigenvalue weighted by Crippen LogP contribution is 1.96. The van der Waals surface area contributed by atoms with Crippen LogP contribution in [0.15, 0.2) is 11.9 Å². The van der Waals surface area contributed by atoms with Gasteiger partial charge in [0.05, 0.1) is 12.9 Å². The first kappa shape index (κ1) is 9.59. The van der Waals surface area contributed by atoms with E-state index in [1.54, 1.807) is 7.11 Å². The quantitative estimate of drug-likeness (QED) is 0.589. The van der Waals surface area contributed by atoms with E-state index in [4.69, 9.17) is 4.74 Å². The van der Waals surface area contributed by atoms with Crippen molar-refractivity contribution >= 4 is 0 Å². The van der Waals surface area contributed by atoms with Gasteiger partial charge in [0.1, 0.15) is 0 Å². The Labute approximate surface area is 61.3 Å². The summed E-state index contributed by atoms with van der Waals surface area (Å²) in [6.45, 7) is 0.985. The summed E-state index contributed by atoms with van der Waals surface area (Å²) < 4.78 is 16.7. The van der Waals surface area contributed by atoms with Gasteiger partial charge in [0.2, 0.25) is 0 Å². The Balaban J connectivity index is 3.62. The molecule has 0 rings (SSSR count). The molecule has 3 heteroatoms. The second kappa shape index (κ2) is 5.38. The standard InChI is InChI=1S/C7H14FNO/c1-9(2)5-7(4-8)6-10-3/h4H,5-6H2,1-3H3/b7-4-. The zero-order valence-electron chi connectivity index (χ0n) is 6.72. The van der Waals surface area contributed by atoms with Crippen LogP contribution in [0.3, 0.4) is 0 Å². The largest absolute Gasteiger partial charge is 0.380 e. The zero-order chi connectivity index (χ0) is 7.98. The molecule has 0 aliphatic heterocycles. The molecule has 0 spiro atoms. The lowest BCUT2D eigenvalue weighted by atomic mass is 10.3. The van der Waals surface area contributed by atoms with Crippen molar-refractivity contribution in [3.8, 4) is 0 Å². The maximum absolute atomic E-state index is 11.9. The average molecular weight is 147 g/mol. The van der Waals surface area contributed by atoms with E-state index in [0.717, 1.165) is 0 Å². The van der Waals surface area contributed by atoms with E-state index < -0.39 is 0 Å². The summed E-state index contributed by atoms with van der Waals surface area (Å²) in [5, 5.41) is 0. The van der Waals surface area contributed by atoms with Crippen LogP contribution in [0.1, 0.15) is 0 Å². The molecule has 0 unspecified atom stereocenters. The minimum atomic E-state index is 0.370. The molecule has 0 saturated heterocycles. The third-order valence-corrected chi connectivity index (χ3v) is 1.00. The molecule has 0 aliphatic rings. The Bertz CT molecular complexity index is 112. The first-order valence-corrected chi connectivity index (χ1v) is 3.12. The minimum Gasteiger partial charge on any atom is -0.380 e. The van der Waals surface area contributed by atoms with Gasteiger partial charge in [-0.3, -0.25) is 0 Å². The van der Waals surface area contributed by atoms with E-state index in [9.17, 15) is 4.39 Å². The molecule has 10 heavy (non-hydrogen) atoms. The van der Waals surface area contributed by atoms with Gasteiger partial charge in [0, 0.05) is 13.7 Å². The van der Waals surface area contributed by atoms with Crippen molar-refractivity contribution in [2.45, 2.75) is 0 Å². The summed E-state index contributed by atoms with van der Waals surface area (Å²) in [6.07, 6.45) is 0.601. The van der Waals surface area contributed by atoms with E-state index in [2.05, 4.69) is 0 Å². The van der Waals surface area contributed by atoms with Gasteiger partial charge in [-0.05, 0) is 19.7 Å². The number of rotatable bonds is 4. The molecule has 2 nitrogen and oxygen atoms in total. The highest BCUT2D eigenvalue weighted by atomic mass is 19.1. The second-order valence-electron chi connectivity index (χ2n) is 2.44. The molecular formula is C7H14FNO. The maximum atomic E-state index is 11.9. The molecule has 0 atom stereocenters. The Kier molecular flexibility index (Phi) is 5.16. The molecule has 0 fully saturated rings. The van der Waals surface area contributed by atoms with Gasteiger partial charge in [0.25, 0.3) is 0 Å². The Morgan fingerprint density at radius 2 is 2.20 bits per heavy atom. The third kappa shape index (κ3) is 4.47. The molecule has 0 aromatic carbocycles. The normalized spacial score (nSPS) is 12.7. The van der Waals surface area contributed by atoms with Crippen LogP contribution in [-0.4, -0.2) is 39.3 Å². The van der Waals surface area contributed by atoms with Crippen molar-refractivity contribution in [1.82, 2.24) is 4.90 Å². The smallest absolute Gasteiger partial charge is 0.0894 e. The summed E-state index contributed by atoms with van der Waals surface area (Å²) in [7, 11) is 5.33. The van der Waals surface area contributed by atoms with E-state index in [0.29, 0.717) is 25.1 Å². The van der Waals surface area contributed by atoms with Gasteiger partial charge >= 0.3 is 0 Å². The van der Waals surface area contributed by atoms with Gasteiger partial charge < -0.3 is 9.64 Å². The number of ether oxygens (including phenoxy) is 1. The molecule has 0 N–H and O–H groups in total. The first-order chi connectivity index (χ1) is 4.70. The summed E-state index contributed by atoms with van der Waals surface area (Å²) in [4.78, 5) is 1.89. The lowest BCUT2D eigenvalue weighted by Crippen LogP contribution is -2.17. The van der Waals surface area contributed by atoms with Gasteiger partial charge in [-0.2, -0.15) is 0 Å². The monoisotopic (exact) mass is 147 g/mol. The van der Waals surface area contributed by atoms with E-state index in [-0.39, 0.29) is 0 Å². The van der Waals surface area contributed by atoms with Crippen LogP contribution in [0.4, 0.5) is 4.39 Å². The van der Waals surface area contributed by atoms with Crippen LogP contribution in [0.2, 0.25) is 0 Å². The number of halogens is 1. The number of hydrogen-bond donors (Lipinski definition) is 0. The van der Waals surface area contributed by atoms with E-state index in [1.807, 2.05) is 19.0 Å². The summed E-state index contributed by atoms with van der Waals surface area (Å²) >= 11 is 0. The van der Waals surface area contributed by atoms with Crippen molar-refractivity contribution in [2.24, 2.45) is 0 Å². The van der Waals surface area contributed by atoms with Crippen LogP contribution in [-0.2, 0) is 4.74 Å². The Hall–Kier alpha value is -0.410. The first-order valence-electron chi connectivity index (χ1n) is 3.12. The predicted molar refractivity (Wildman–Crippen MR) is 39.6 cm³/mol. The fourth-order valence-corrected chi connectivity index (χ4v) is 0.703. The fraction of sp³-hybridized carbons (Fsp3) is 0.714. The topological polar surface area (TPSA) is 12.5 Å². The van der Waals surface area contributed by atoms with Crippen LogP contribution >= 0.6 is 0 Å². The number of hydrogen-bond acceptors (Lipinski definition) is 2. The van der Waals surface area contributed by atoms with Crippen LogP contribution < -0.4 is 0 Å². The molecular weight excluding hydrogens is 133 g/mol. The highest BCUT2D eigenvalue weighted by molar-refractivity contribution is 4.99. The number of methoxy groups -OCH3 is 1. The lowest BCUT2D eigenvalue weighted by molar-refractivity contribution is 0.216. The van der Waals surface area contributed by atoms with Crippen molar-refractivity contribution in [2.75, 3.05) is 34.4 Å². The highest BCUT2D eigenvalue weighted by Gasteiger charge is 1.97. The molecule has 0 aromatic rings.